The zero-order valence-electron chi connectivity index (χ0n) is 17.4. The Morgan fingerprint density at radius 3 is 2.31 bits per heavy atom. The number of hydrogen-bond acceptors (Lipinski definition) is 3. The molecule has 2 amide bonds. The van der Waals surface area contributed by atoms with Crippen LogP contribution in [-0.4, -0.2) is 28.9 Å². The van der Waals surface area contributed by atoms with Crippen LogP contribution in [0.15, 0.2) is 30.9 Å². The van der Waals surface area contributed by atoms with E-state index in [4.69, 9.17) is 4.74 Å². The maximum absolute atomic E-state index is 13.3. The van der Waals surface area contributed by atoms with Crippen LogP contribution >= 0.6 is 0 Å². The second-order valence-corrected chi connectivity index (χ2v) is 8.51. The number of carbonyl (C=O) groups is 2. The zero-order chi connectivity index (χ0) is 20.4. The lowest BCUT2D eigenvalue weighted by atomic mass is 9.86. The second-order valence-electron chi connectivity index (χ2n) is 8.51. The van der Waals surface area contributed by atoms with E-state index in [0.717, 1.165) is 49.8 Å². The predicted octanol–water partition coefficient (Wildman–Crippen LogP) is 5.73. The summed E-state index contributed by atoms with van der Waals surface area (Å²) in [5.41, 5.74) is 2.45. The fourth-order valence-corrected chi connectivity index (χ4v) is 5.06. The molecule has 4 heteroatoms. The molecular weight excluding hydrogens is 362 g/mol. The molecule has 2 fully saturated rings. The van der Waals surface area contributed by atoms with Crippen molar-refractivity contribution < 1.29 is 14.3 Å². The molecule has 1 aliphatic heterocycles. The molecule has 2 saturated carbocycles. The van der Waals surface area contributed by atoms with Crippen LogP contribution in [0.4, 0.5) is 0 Å². The summed E-state index contributed by atoms with van der Waals surface area (Å²) in [5, 5.41) is 0. The topological polar surface area (TPSA) is 46.6 Å². The number of fused-ring (bicyclic) bond motifs is 1. The molecule has 0 saturated heterocycles. The first kappa shape index (κ1) is 19.9. The Morgan fingerprint density at radius 1 is 1.00 bits per heavy atom. The van der Waals surface area contributed by atoms with Crippen molar-refractivity contribution in [1.82, 2.24) is 4.90 Å². The Kier molecular flexibility index (Phi) is 5.89. The molecule has 0 spiro atoms. The quantitative estimate of drug-likeness (QED) is 0.373. The van der Waals surface area contributed by atoms with Gasteiger partial charge in [0.1, 0.15) is 5.76 Å². The van der Waals surface area contributed by atoms with Gasteiger partial charge < -0.3 is 4.74 Å². The highest BCUT2D eigenvalue weighted by Gasteiger charge is 2.40. The molecule has 4 rings (SSSR count). The van der Waals surface area contributed by atoms with E-state index in [1.807, 2.05) is 31.2 Å². The third kappa shape index (κ3) is 3.77. The van der Waals surface area contributed by atoms with Crippen molar-refractivity contribution in [2.75, 3.05) is 0 Å². The fraction of sp³-hybridized carbons (Fsp3) is 0.520. The van der Waals surface area contributed by atoms with E-state index in [9.17, 15) is 9.59 Å². The molecule has 0 unspecified atom stereocenters. The summed E-state index contributed by atoms with van der Waals surface area (Å²) in [7, 11) is 0. The average molecular weight is 394 g/mol. The maximum Gasteiger partial charge on any atom is 0.261 e. The fourth-order valence-electron chi connectivity index (χ4n) is 5.06. The van der Waals surface area contributed by atoms with E-state index in [1.54, 1.807) is 0 Å². The van der Waals surface area contributed by atoms with Gasteiger partial charge in [-0.05, 0) is 57.6 Å². The van der Waals surface area contributed by atoms with Gasteiger partial charge in [0.25, 0.3) is 11.8 Å². The lowest BCUT2D eigenvalue weighted by Gasteiger charge is -2.37. The van der Waals surface area contributed by atoms with Crippen LogP contribution < -0.4 is 0 Å². The van der Waals surface area contributed by atoms with Gasteiger partial charge in [0.05, 0.1) is 6.10 Å². The van der Waals surface area contributed by atoms with Gasteiger partial charge in [-0.25, -0.2) is 0 Å². The Morgan fingerprint density at radius 2 is 1.66 bits per heavy atom. The lowest BCUT2D eigenvalue weighted by molar-refractivity contribution is -0.125. The number of imide groups is 1. The summed E-state index contributed by atoms with van der Waals surface area (Å²) >= 11 is 0. The van der Waals surface area contributed by atoms with Crippen molar-refractivity contribution in [3.63, 3.8) is 0 Å². The number of hydrogen-bond donors (Lipinski definition) is 0. The molecular formula is C25H31NO3. The normalized spacial score (nSPS) is 22.0. The first-order valence-electron chi connectivity index (χ1n) is 11.2. The van der Waals surface area contributed by atoms with Crippen molar-refractivity contribution in [2.24, 2.45) is 0 Å². The average Bonchev–Trinajstić information content (AvgIpc) is 2.77. The second kappa shape index (κ2) is 8.56. The highest BCUT2D eigenvalue weighted by atomic mass is 16.5. The van der Waals surface area contributed by atoms with Crippen LogP contribution in [0, 0.1) is 0 Å². The molecule has 0 aromatic heterocycles. The lowest BCUT2D eigenvalue weighted by Crippen LogP contribution is -2.48. The van der Waals surface area contributed by atoms with Crippen molar-refractivity contribution in [3.05, 3.63) is 47.5 Å². The van der Waals surface area contributed by atoms with Crippen molar-refractivity contribution in [2.45, 2.75) is 83.3 Å². The largest absolute Gasteiger partial charge is 0.490 e. The minimum Gasteiger partial charge on any atom is -0.490 e. The Hall–Kier alpha value is -2.36. The minimum atomic E-state index is -0.241. The van der Waals surface area contributed by atoms with Crippen molar-refractivity contribution >= 4 is 23.1 Å². The Bertz CT molecular complexity index is 842. The summed E-state index contributed by atoms with van der Waals surface area (Å²) in [4.78, 5) is 28.0. The van der Waals surface area contributed by atoms with Crippen LogP contribution in [0.3, 0.4) is 0 Å². The molecule has 1 heterocycles. The molecule has 3 aliphatic rings. The third-order valence-corrected chi connectivity index (χ3v) is 6.61. The van der Waals surface area contributed by atoms with E-state index in [-0.39, 0.29) is 24.0 Å². The summed E-state index contributed by atoms with van der Waals surface area (Å²) < 4.78 is 6.34. The number of allylic oxidation sites excluding steroid dienone is 1. The molecule has 0 N–H and O–H groups in total. The zero-order valence-corrected chi connectivity index (χ0v) is 17.4. The van der Waals surface area contributed by atoms with Crippen LogP contribution in [-0.2, 0) is 9.53 Å². The molecule has 0 bridgehead atoms. The number of rotatable bonds is 4. The minimum absolute atomic E-state index is 0.00279. The molecule has 2 aliphatic carbocycles. The van der Waals surface area contributed by atoms with Gasteiger partial charge in [0.2, 0.25) is 0 Å². The van der Waals surface area contributed by atoms with E-state index in [0.29, 0.717) is 16.7 Å². The van der Waals surface area contributed by atoms with Gasteiger partial charge in [-0.1, -0.05) is 44.4 Å². The van der Waals surface area contributed by atoms with Crippen molar-refractivity contribution in [1.29, 1.82) is 0 Å². The van der Waals surface area contributed by atoms with E-state index < -0.39 is 0 Å². The summed E-state index contributed by atoms with van der Waals surface area (Å²) in [6.45, 7) is 6.06. The Labute approximate surface area is 173 Å². The van der Waals surface area contributed by atoms with Gasteiger partial charge in [0.15, 0.2) is 0 Å². The first-order valence-corrected chi connectivity index (χ1v) is 11.2. The van der Waals surface area contributed by atoms with Crippen LogP contribution in [0.2, 0.25) is 0 Å². The van der Waals surface area contributed by atoms with Gasteiger partial charge in [-0.3, -0.25) is 14.5 Å². The number of ether oxygens (including phenoxy) is 1. The number of amides is 2. The van der Waals surface area contributed by atoms with Gasteiger partial charge in [0, 0.05) is 28.3 Å². The number of benzene rings is 1. The molecule has 4 nitrogen and oxygen atoms in total. The first-order chi connectivity index (χ1) is 14.1. The van der Waals surface area contributed by atoms with E-state index in [1.165, 1.54) is 30.6 Å². The van der Waals surface area contributed by atoms with Crippen LogP contribution in [0.25, 0.3) is 11.3 Å². The molecule has 154 valence electrons. The third-order valence-electron chi connectivity index (χ3n) is 6.61. The van der Waals surface area contributed by atoms with Gasteiger partial charge in [-0.15, -0.1) is 0 Å². The van der Waals surface area contributed by atoms with Crippen LogP contribution in [0.1, 0.15) is 92.6 Å². The standard InChI is InChI=1S/C25H31NO3/c1-3-22(29-19-13-8-5-9-14-19)20-15-10-16-21-23(20)17(2)24(27)26(25(21)28)18-11-6-4-7-12-18/h3,10,15-16,18-19H,2,4-9,11-14H2,1H3/b22-3+. The molecule has 29 heavy (non-hydrogen) atoms. The molecule has 0 atom stereocenters. The smallest absolute Gasteiger partial charge is 0.261 e. The molecule has 0 radical (unpaired) electrons. The van der Waals surface area contributed by atoms with E-state index in [2.05, 4.69) is 6.58 Å². The summed E-state index contributed by atoms with van der Waals surface area (Å²) in [6, 6.07) is 5.65. The number of carbonyl (C=O) groups excluding carboxylic acids is 2. The number of nitrogens with zero attached hydrogens (tertiary/aromatic N) is 1. The highest BCUT2D eigenvalue weighted by molar-refractivity contribution is 6.31. The molecule has 1 aromatic rings. The maximum atomic E-state index is 13.3. The summed E-state index contributed by atoms with van der Waals surface area (Å²) in [6.07, 6.45) is 13.0. The van der Waals surface area contributed by atoms with E-state index >= 15 is 0 Å². The summed E-state index contributed by atoms with van der Waals surface area (Å²) in [5.74, 6) is 0.329. The SMILES string of the molecule is C=C1C(=O)N(C2CCCCC2)C(=O)c2cccc(/C(=C\C)OC3CCCCC3)c21. The Balaban J connectivity index is 1.68. The highest BCUT2D eigenvalue weighted by Crippen LogP contribution is 2.38. The van der Waals surface area contributed by atoms with Crippen molar-refractivity contribution in [3.8, 4) is 0 Å². The van der Waals surface area contributed by atoms with Gasteiger partial charge >= 0.3 is 0 Å². The molecule has 1 aromatic carbocycles. The van der Waals surface area contributed by atoms with Gasteiger partial charge in [-0.2, -0.15) is 0 Å². The van der Waals surface area contributed by atoms with Crippen LogP contribution in [0.5, 0.6) is 0 Å². The predicted molar refractivity (Wildman–Crippen MR) is 115 cm³/mol. The monoisotopic (exact) mass is 393 g/mol.